The smallest absolute Gasteiger partial charge is 0.338 e. The molecule has 4 nitrogen and oxygen atoms in total. The molecule has 0 aliphatic carbocycles. The lowest BCUT2D eigenvalue weighted by atomic mass is 9.97. The molecule has 1 aromatic rings. The maximum absolute atomic E-state index is 11.7. The summed E-state index contributed by atoms with van der Waals surface area (Å²) in [6, 6.07) is 5.47. The van der Waals surface area contributed by atoms with Gasteiger partial charge in [0.15, 0.2) is 0 Å². The summed E-state index contributed by atoms with van der Waals surface area (Å²) in [5.41, 5.74) is 8.13. The molecule has 0 saturated carbocycles. The maximum Gasteiger partial charge on any atom is 0.338 e. The van der Waals surface area contributed by atoms with Gasteiger partial charge >= 0.3 is 5.97 Å². The average Bonchev–Trinajstić information content (AvgIpc) is 2.37. The molecule has 0 aromatic heterocycles. The SMILES string of the molecule is CCOC(=O)c1cc(C#N)c(CC)cc1CN. The summed E-state index contributed by atoms with van der Waals surface area (Å²) in [4.78, 5) is 11.7. The first-order valence-electron chi connectivity index (χ1n) is 5.60. The molecule has 0 heterocycles. The molecule has 0 bridgehead atoms. The molecule has 0 unspecified atom stereocenters. The van der Waals surface area contributed by atoms with E-state index in [1.165, 1.54) is 0 Å². The van der Waals surface area contributed by atoms with Gasteiger partial charge in [-0.2, -0.15) is 5.26 Å². The Kier molecular flexibility index (Phi) is 4.68. The summed E-state index contributed by atoms with van der Waals surface area (Å²) in [5.74, 6) is -0.424. The molecule has 0 atom stereocenters. The highest BCUT2D eigenvalue weighted by atomic mass is 16.5. The van der Waals surface area contributed by atoms with Gasteiger partial charge in [-0.15, -0.1) is 0 Å². The van der Waals surface area contributed by atoms with Crippen LogP contribution in [-0.2, 0) is 17.7 Å². The van der Waals surface area contributed by atoms with Crippen LogP contribution in [0, 0.1) is 11.3 Å². The first kappa shape index (κ1) is 13.2. The van der Waals surface area contributed by atoms with Crippen LogP contribution in [-0.4, -0.2) is 12.6 Å². The van der Waals surface area contributed by atoms with Crippen molar-refractivity contribution in [1.82, 2.24) is 0 Å². The number of carbonyl (C=O) groups excluding carboxylic acids is 1. The van der Waals surface area contributed by atoms with E-state index < -0.39 is 5.97 Å². The fourth-order valence-corrected chi connectivity index (χ4v) is 1.66. The van der Waals surface area contributed by atoms with Crippen LogP contribution in [0.1, 0.15) is 40.9 Å². The number of benzene rings is 1. The molecule has 17 heavy (non-hydrogen) atoms. The summed E-state index contributed by atoms with van der Waals surface area (Å²) < 4.78 is 4.94. The van der Waals surface area contributed by atoms with Crippen LogP contribution in [0.4, 0.5) is 0 Å². The van der Waals surface area contributed by atoms with Crippen LogP contribution in [0.15, 0.2) is 12.1 Å². The topological polar surface area (TPSA) is 76.1 Å². The third-order valence-corrected chi connectivity index (χ3v) is 2.55. The van der Waals surface area contributed by atoms with Crippen LogP contribution in [0.5, 0.6) is 0 Å². The predicted octanol–water partition coefficient (Wildman–Crippen LogP) is 1.76. The van der Waals surface area contributed by atoms with E-state index in [9.17, 15) is 4.79 Å². The van der Waals surface area contributed by atoms with Crippen LogP contribution in [0.25, 0.3) is 0 Å². The Morgan fingerprint density at radius 1 is 1.41 bits per heavy atom. The van der Waals surface area contributed by atoms with Gasteiger partial charge in [-0.1, -0.05) is 13.0 Å². The second-order valence-corrected chi connectivity index (χ2v) is 3.56. The van der Waals surface area contributed by atoms with Crippen molar-refractivity contribution in [3.05, 3.63) is 34.4 Å². The third-order valence-electron chi connectivity index (χ3n) is 2.55. The first-order chi connectivity index (χ1) is 8.17. The monoisotopic (exact) mass is 232 g/mol. The van der Waals surface area contributed by atoms with Crippen molar-refractivity contribution in [3.63, 3.8) is 0 Å². The standard InChI is InChI=1S/C13H16N2O2/c1-3-9-5-11(8-15)12(6-10(9)7-14)13(16)17-4-2/h5-6H,3-4,8,15H2,1-2H3. The number of hydrogen-bond acceptors (Lipinski definition) is 4. The lowest BCUT2D eigenvalue weighted by Gasteiger charge is -2.10. The summed E-state index contributed by atoms with van der Waals surface area (Å²) in [6.45, 7) is 4.26. The summed E-state index contributed by atoms with van der Waals surface area (Å²) >= 11 is 0. The molecule has 0 amide bonds. The largest absolute Gasteiger partial charge is 0.462 e. The van der Waals surface area contributed by atoms with Crippen LogP contribution in [0.2, 0.25) is 0 Å². The number of esters is 1. The number of nitrogens with two attached hydrogens (primary N) is 1. The number of carbonyl (C=O) groups is 1. The Labute approximate surface area is 101 Å². The first-order valence-corrected chi connectivity index (χ1v) is 5.60. The molecule has 4 heteroatoms. The van der Waals surface area contributed by atoms with E-state index in [1.54, 1.807) is 13.0 Å². The predicted molar refractivity (Wildman–Crippen MR) is 64.4 cm³/mol. The quantitative estimate of drug-likeness (QED) is 0.802. The van der Waals surface area contributed by atoms with Gasteiger partial charge in [-0.25, -0.2) is 4.79 Å². The van der Waals surface area contributed by atoms with E-state index in [4.69, 9.17) is 15.7 Å². The van der Waals surface area contributed by atoms with Gasteiger partial charge in [0.25, 0.3) is 0 Å². The van der Waals surface area contributed by atoms with Gasteiger partial charge in [0.05, 0.1) is 23.8 Å². The number of rotatable bonds is 4. The molecule has 1 aromatic carbocycles. The minimum atomic E-state index is -0.424. The third kappa shape index (κ3) is 2.83. The van der Waals surface area contributed by atoms with E-state index in [-0.39, 0.29) is 6.54 Å². The average molecular weight is 232 g/mol. The second kappa shape index (κ2) is 6.02. The zero-order chi connectivity index (χ0) is 12.8. The number of nitriles is 1. The Balaban J connectivity index is 3.29. The van der Waals surface area contributed by atoms with Gasteiger partial charge in [0.1, 0.15) is 0 Å². The second-order valence-electron chi connectivity index (χ2n) is 3.56. The molecule has 0 fully saturated rings. The lowest BCUT2D eigenvalue weighted by molar-refractivity contribution is 0.0525. The van der Waals surface area contributed by atoms with E-state index in [2.05, 4.69) is 6.07 Å². The summed E-state index contributed by atoms with van der Waals surface area (Å²) in [7, 11) is 0. The van der Waals surface area contributed by atoms with E-state index >= 15 is 0 Å². The fraction of sp³-hybridized carbons (Fsp3) is 0.385. The minimum Gasteiger partial charge on any atom is -0.462 e. The summed E-state index contributed by atoms with van der Waals surface area (Å²) in [5, 5.41) is 9.02. The van der Waals surface area contributed by atoms with Crippen molar-refractivity contribution in [2.24, 2.45) is 5.73 Å². The van der Waals surface area contributed by atoms with Gasteiger partial charge in [0.2, 0.25) is 0 Å². The van der Waals surface area contributed by atoms with Crippen LogP contribution >= 0.6 is 0 Å². The van der Waals surface area contributed by atoms with Crippen molar-refractivity contribution >= 4 is 5.97 Å². The zero-order valence-electron chi connectivity index (χ0n) is 10.1. The Bertz CT molecular complexity index is 461. The highest BCUT2D eigenvalue weighted by Crippen LogP contribution is 2.18. The highest BCUT2D eigenvalue weighted by molar-refractivity contribution is 5.91. The Morgan fingerprint density at radius 2 is 2.12 bits per heavy atom. The molecule has 0 saturated heterocycles. The molecule has 0 spiro atoms. The Hall–Kier alpha value is -1.86. The van der Waals surface area contributed by atoms with E-state index in [0.29, 0.717) is 17.7 Å². The molecule has 0 aliphatic heterocycles. The zero-order valence-corrected chi connectivity index (χ0v) is 10.1. The van der Waals surface area contributed by atoms with Crippen molar-refractivity contribution in [1.29, 1.82) is 5.26 Å². The van der Waals surface area contributed by atoms with Crippen molar-refractivity contribution in [3.8, 4) is 6.07 Å². The van der Waals surface area contributed by atoms with E-state index in [1.807, 2.05) is 13.0 Å². The van der Waals surface area contributed by atoms with Gasteiger partial charge in [-0.05, 0) is 30.5 Å². The Morgan fingerprint density at radius 3 is 2.59 bits per heavy atom. The molecule has 90 valence electrons. The molecule has 2 N–H and O–H groups in total. The van der Waals surface area contributed by atoms with Crippen LogP contribution < -0.4 is 5.73 Å². The lowest BCUT2D eigenvalue weighted by Crippen LogP contribution is -2.12. The number of ether oxygens (including phenoxy) is 1. The van der Waals surface area contributed by atoms with Gasteiger partial charge < -0.3 is 10.5 Å². The number of hydrogen-bond donors (Lipinski definition) is 1. The van der Waals surface area contributed by atoms with Crippen molar-refractivity contribution < 1.29 is 9.53 Å². The summed E-state index contributed by atoms with van der Waals surface area (Å²) in [6.07, 6.45) is 0.735. The van der Waals surface area contributed by atoms with Crippen LogP contribution in [0.3, 0.4) is 0 Å². The fourth-order valence-electron chi connectivity index (χ4n) is 1.66. The number of nitrogens with zero attached hydrogens (tertiary/aromatic N) is 1. The minimum absolute atomic E-state index is 0.257. The van der Waals surface area contributed by atoms with Crippen molar-refractivity contribution in [2.75, 3.05) is 6.61 Å². The maximum atomic E-state index is 11.7. The highest BCUT2D eigenvalue weighted by Gasteiger charge is 2.15. The number of aryl methyl sites for hydroxylation is 1. The van der Waals surface area contributed by atoms with E-state index in [0.717, 1.165) is 17.5 Å². The van der Waals surface area contributed by atoms with Crippen molar-refractivity contribution in [2.45, 2.75) is 26.8 Å². The normalized spacial score (nSPS) is 9.76. The molecule has 0 radical (unpaired) electrons. The molecular weight excluding hydrogens is 216 g/mol. The molecule has 1 rings (SSSR count). The molecular formula is C13H16N2O2. The molecule has 0 aliphatic rings. The van der Waals surface area contributed by atoms with Gasteiger partial charge in [0, 0.05) is 6.54 Å². The van der Waals surface area contributed by atoms with Gasteiger partial charge in [-0.3, -0.25) is 0 Å².